The molecule has 4 heteroatoms. The highest BCUT2D eigenvalue weighted by Gasteiger charge is 2.32. The summed E-state index contributed by atoms with van der Waals surface area (Å²) in [6, 6.07) is 4.17. The summed E-state index contributed by atoms with van der Waals surface area (Å²) in [5, 5.41) is 10.5. The van der Waals surface area contributed by atoms with Crippen molar-refractivity contribution in [3.05, 3.63) is 20.8 Å². The first-order valence-electron chi connectivity index (χ1n) is 5.80. The lowest BCUT2D eigenvalue weighted by molar-refractivity contribution is -0.0188. The molecular formula is C12H18BrNOS. The van der Waals surface area contributed by atoms with Crippen molar-refractivity contribution < 1.29 is 5.11 Å². The van der Waals surface area contributed by atoms with Crippen LogP contribution in [0.4, 0.5) is 0 Å². The summed E-state index contributed by atoms with van der Waals surface area (Å²) in [6.07, 6.45) is 2.60. The maximum absolute atomic E-state index is 10.5. The Morgan fingerprint density at radius 2 is 2.12 bits per heavy atom. The topological polar surface area (TPSA) is 23.5 Å². The molecular weight excluding hydrogens is 286 g/mol. The van der Waals surface area contributed by atoms with Crippen LogP contribution >= 0.6 is 27.3 Å². The van der Waals surface area contributed by atoms with Crippen LogP contribution < -0.4 is 0 Å². The van der Waals surface area contributed by atoms with Crippen molar-refractivity contribution in [2.24, 2.45) is 0 Å². The molecule has 1 aliphatic heterocycles. The monoisotopic (exact) mass is 303 g/mol. The van der Waals surface area contributed by atoms with Gasteiger partial charge >= 0.3 is 0 Å². The van der Waals surface area contributed by atoms with E-state index in [0.29, 0.717) is 0 Å². The highest BCUT2D eigenvalue weighted by molar-refractivity contribution is 9.11. The molecule has 2 nitrogen and oxygen atoms in total. The zero-order valence-corrected chi connectivity index (χ0v) is 12.0. The summed E-state index contributed by atoms with van der Waals surface area (Å²) >= 11 is 5.19. The third-order valence-corrected chi connectivity index (χ3v) is 4.99. The van der Waals surface area contributed by atoms with Crippen LogP contribution in [0.15, 0.2) is 15.9 Å². The number of hydrogen-bond acceptors (Lipinski definition) is 3. The van der Waals surface area contributed by atoms with Crippen molar-refractivity contribution in [3.8, 4) is 0 Å². The first kappa shape index (κ1) is 12.6. The van der Waals surface area contributed by atoms with Gasteiger partial charge in [-0.05, 0) is 47.4 Å². The summed E-state index contributed by atoms with van der Waals surface area (Å²) < 4.78 is 1.15. The van der Waals surface area contributed by atoms with E-state index in [1.807, 2.05) is 0 Å². The molecule has 1 fully saturated rings. The predicted molar refractivity (Wildman–Crippen MR) is 72.0 cm³/mol. The van der Waals surface area contributed by atoms with Crippen LogP contribution in [0, 0.1) is 0 Å². The first-order valence-corrected chi connectivity index (χ1v) is 7.41. The van der Waals surface area contributed by atoms with Crippen LogP contribution in [0.5, 0.6) is 0 Å². The van der Waals surface area contributed by atoms with Gasteiger partial charge in [0.15, 0.2) is 0 Å². The SMILES string of the molecule is CCN1CCC(O)(Cc2ccc(Br)s2)CC1. The zero-order valence-electron chi connectivity index (χ0n) is 9.58. The maximum atomic E-state index is 10.5. The molecule has 0 spiro atoms. The molecule has 16 heavy (non-hydrogen) atoms. The lowest BCUT2D eigenvalue weighted by Crippen LogP contribution is -2.45. The molecule has 1 saturated heterocycles. The second-order valence-electron chi connectivity index (χ2n) is 4.54. The van der Waals surface area contributed by atoms with Gasteiger partial charge < -0.3 is 10.0 Å². The van der Waals surface area contributed by atoms with E-state index < -0.39 is 5.60 Å². The van der Waals surface area contributed by atoms with Gasteiger partial charge in [-0.25, -0.2) is 0 Å². The van der Waals surface area contributed by atoms with Crippen LogP contribution in [0.2, 0.25) is 0 Å². The van der Waals surface area contributed by atoms with Gasteiger partial charge in [0, 0.05) is 24.4 Å². The fourth-order valence-corrected chi connectivity index (χ4v) is 3.85. The molecule has 0 bridgehead atoms. The van der Waals surface area contributed by atoms with E-state index in [1.54, 1.807) is 11.3 Å². The Kier molecular flexibility index (Phi) is 4.06. The standard InChI is InChI=1S/C12H18BrNOS/c1-2-14-7-5-12(15,6-8-14)9-10-3-4-11(13)16-10/h3-4,15H,2,5-9H2,1H3. The van der Waals surface area contributed by atoms with E-state index in [1.165, 1.54) is 4.88 Å². The van der Waals surface area contributed by atoms with Crippen molar-refractivity contribution in [1.82, 2.24) is 4.90 Å². The van der Waals surface area contributed by atoms with Gasteiger partial charge in [-0.1, -0.05) is 6.92 Å². The van der Waals surface area contributed by atoms with Crippen LogP contribution in [0.1, 0.15) is 24.6 Å². The largest absolute Gasteiger partial charge is 0.389 e. The number of aliphatic hydroxyl groups is 1. The third kappa shape index (κ3) is 3.06. The van der Waals surface area contributed by atoms with Crippen molar-refractivity contribution >= 4 is 27.3 Å². The first-order chi connectivity index (χ1) is 7.61. The maximum Gasteiger partial charge on any atom is 0.0720 e. The van der Waals surface area contributed by atoms with Gasteiger partial charge in [0.1, 0.15) is 0 Å². The summed E-state index contributed by atoms with van der Waals surface area (Å²) in [4.78, 5) is 3.68. The molecule has 0 saturated carbocycles. The Morgan fingerprint density at radius 1 is 1.44 bits per heavy atom. The Balaban J connectivity index is 1.94. The highest BCUT2D eigenvalue weighted by atomic mass is 79.9. The molecule has 90 valence electrons. The number of halogens is 1. The van der Waals surface area contributed by atoms with Gasteiger partial charge in [0.25, 0.3) is 0 Å². The average molecular weight is 304 g/mol. The van der Waals surface area contributed by atoms with Crippen LogP contribution in [0.3, 0.4) is 0 Å². The normalized spacial score (nSPS) is 21.2. The van der Waals surface area contributed by atoms with Gasteiger partial charge in [-0.2, -0.15) is 0 Å². The molecule has 1 aromatic heterocycles. The molecule has 0 amide bonds. The molecule has 1 aliphatic rings. The lowest BCUT2D eigenvalue weighted by Gasteiger charge is -2.37. The van der Waals surface area contributed by atoms with Crippen molar-refractivity contribution in [1.29, 1.82) is 0 Å². The van der Waals surface area contributed by atoms with Crippen LogP contribution in [0.25, 0.3) is 0 Å². The summed E-state index contributed by atoms with van der Waals surface area (Å²) in [6.45, 7) is 5.33. The average Bonchev–Trinajstić information content (AvgIpc) is 2.64. The van der Waals surface area contributed by atoms with E-state index in [9.17, 15) is 5.11 Å². The van der Waals surface area contributed by atoms with Gasteiger partial charge in [0.2, 0.25) is 0 Å². The summed E-state index contributed by atoms with van der Waals surface area (Å²) in [7, 11) is 0. The van der Waals surface area contributed by atoms with Crippen molar-refractivity contribution in [2.45, 2.75) is 31.8 Å². The smallest absolute Gasteiger partial charge is 0.0720 e. The van der Waals surface area contributed by atoms with Crippen LogP contribution in [-0.4, -0.2) is 35.2 Å². The zero-order chi connectivity index (χ0) is 11.6. The van der Waals surface area contributed by atoms with Crippen molar-refractivity contribution in [2.75, 3.05) is 19.6 Å². The third-order valence-electron chi connectivity index (χ3n) is 3.37. The number of piperidine rings is 1. The summed E-state index contributed by atoms with van der Waals surface area (Å²) in [5.74, 6) is 0. The van der Waals surface area contributed by atoms with E-state index >= 15 is 0 Å². The lowest BCUT2D eigenvalue weighted by atomic mass is 9.88. The molecule has 2 heterocycles. The van der Waals surface area contributed by atoms with E-state index in [4.69, 9.17) is 0 Å². The molecule has 0 unspecified atom stereocenters. The van der Waals surface area contributed by atoms with Gasteiger partial charge in [-0.3, -0.25) is 0 Å². The molecule has 0 atom stereocenters. The number of rotatable bonds is 3. The molecule has 0 aliphatic carbocycles. The summed E-state index contributed by atoms with van der Waals surface area (Å²) in [5.41, 5.74) is -0.476. The minimum Gasteiger partial charge on any atom is -0.389 e. The molecule has 2 rings (SSSR count). The second-order valence-corrected chi connectivity index (χ2v) is 7.09. The van der Waals surface area contributed by atoms with Gasteiger partial charge in [-0.15, -0.1) is 11.3 Å². The Labute approximate surface area is 109 Å². The minimum absolute atomic E-state index is 0.476. The Hall–Kier alpha value is 0.1000. The second kappa shape index (κ2) is 5.17. The Morgan fingerprint density at radius 3 is 2.62 bits per heavy atom. The minimum atomic E-state index is -0.476. The van der Waals surface area contributed by atoms with Crippen molar-refractivity contribution in [3.63, 3.8) is 0 Å². The quantitative estimate of drug-likeness (QED) is 0.928. The molecule has 1 N–H and O–H groups in total. The molecule has 0 radical (unpaired) electrons. The molecule has 1 aromatic rings. The van der Waals surface area contributed by atoms with E-state index in [2.05, 4.69) is 39.9 Å². The Bertz CT molecular complexity index is 345. The van der Waals surface area contributed by atoms with Crippen LogP contribution in [-0.2, 0) is 6.42 Å². The highest BCUT2D eigenvalue weighted by Crippen LogP contribution is 2.30. The van der Waals surface area contributed by atoms with E-state index in [-0.39, 0.29) is 0 Å². The number of thiophene rings is 1. The van der Waals surface area contributed by atoms with Gasteiger partial charge in [0.05, 0.1) is 9.39 Å². The number of nitrogens with zero attached hydrogens (tertiary/aromatic N) is 1. The fourth-order valence-electron chi connectivity index (χ4n) is 2.23. The van der Waals surface area contributed by atoms with E-state index in [0.717, 1.165) is 42.7 Å². The number of hydrogen-bond donors (Lipinski definition) is 1. The number of likely N-dealkylation sites (tertiary alicyclic amines) is 1. The fraction of sp³-hybridized carbons (Fsp3) is 0.667. The molecule has 0 aromatic carbocycles. The predicted octanol–water partition coefficient (Wildman–Crippen LogP) is 2.90.